The lowest BCUT2D eigenvalue weighted by molar-refractivity contribution is 0.112. The van der Waals surface area contributed by atoms with Gasteiger partial charge in [0.2, 0.25) is 0 Å². The topological polar surface area (TPSA) is 26.3 Å². The first-order valence-corrected chi connectivity index (χ1v) is 8.16. The number of carbonyl (C=O) groups excluding carboxylic acids is 1. The van der Waals surface area contributed by atoms with E-state index in [1.54, 1.807) is 7.11 Å². The van der Waals surface area contributed by atoms with Crippen LogP contribution in [0.5, 0.6) is 0 Å². The third kappa shape index (κ3) is 3.47. The molecule has 0 N–H and O–H groups in total. The average molecular weight is 359 g/mol. The van der Waals surface area contributed by atoms with Crippen LogP contribution in [-0.2, 0) is 4.74 Å². The second-order valence-electron chi connectivity index (χ2n) is 4.89. The van der Waals surface area contributed by atoms with E-state index in [1.807, 2.05) is 54.6 Å². The highest BCUT2D eigenvalue weighted by atomic mass is 79.9. The van der Waals surface area contributed by atoms with Gasteiger partial charge in [-0.3, -0.25) is 4.79 Å². The third-order valence-corrected chi connectivity index (χ3v) is 4.59. The lowest BCUT2D eigenvalue weighted by Crippen LogP contribution is -2.08. The van der Waals surface area contributed by atoms with Crippen LogP contribution in [0.3, 0.4) is 0 Å². The van der Waals surface area contributed by atoms with Gasteiger partial charge in [0, 0.05) is 11.1 Å². The molecule has 0 bridgehead atoms. The van der Waals surface area contributed by atoms with Gasteiger partial charge in [0.15, 0.2) is 6.29 Å². The number of carbonyl (C=O) groups is 1. The van der Waals surface area contributed by atoms with Crippen molar-refractivity contribution in [2.24, 2.45) is 0 Å². The summed E-state index contributed by atoms with van der Waals surface area (Å²) in [6.45, 7) is 2.09. The molecule has 0 saturated carbocycles. The average Bonchev–Trinajstić information content (AvgIpc) is 2.59. The van der Waals surface area contributed by atoms with E-state index >= 15 is 0 Å². The number of hydrogen-bond donors (Lipinski definition) is 0. The maximum absolute atomic E-state index is 11.4. The number of benzene rings is 2. The summed E-state index contributed by atoms with van der Waals surface area (Å²) in [5.41, 5.74) is 3.53. The predicted molar refractivity (Wildman–Crippen MR) is 94.3 cm³/mol. The van der Waals surface area contributed by atoms with Gasteiger partial charge in [0.25, 0.3) is 0 Å². The van der Waals surface area contributed by atoms with Crippen LogP contribution in [0.25, 0.3) is 5.57 Å². The summed E-state index contributed by atoms with van der Waals surface area (Å²) >= 11 is 3.67. The van der Waals surface area contributed by atoms with Crippen LogP contribution >= 0.6 is 15.9 Å². The van der Waals surface area contributed by atoms with Gasteiger partial charge in [0.1, 0.15) is 5.76 Å². The number of ether oxygens (including phenoxy) is 1. The number of alkyl halides is 1. The fourth-order valence-electron chi connectivity index (χ4n) is 2.43. The molecule has 1 unspecified atom stereocenters. The number of methoxy groups -OCH3 is 1. The minimum Gasteiger partial charge on any atom is -0.499 e. The van der Waals surface area contributed by atoms with E-state index in [0.29, 0.717) is 5.56 Å². The summed E-state index contributed by atoms with van der Waals surface area (Å²) in [6.07, 6.45) is 1.78. The molecule has 114 valence electrons. The zero-order chi connectivity index (χ0) is 15.9. The Labute approximate surface area is 139 Å². The molecule has 0 aliphatic rings. The second-order valence-corrected chi connectivity index (χ2v) is 6.00. The summed E-state index contributed by atoms with van der Waals surface area (Å²) in [6, 6.07) is 17.6. The zero-order valence-electron chi connectivity index (χ0n) is 12.8. The summed E-state index contributed by atoms with van der Waals surface area (Å²) in [7, 11) is 1.67. The molecule has 0 spiro atoms. The fourth-order valence-corrected chi connectivity index (χ4v) is 2.85. The van der Waals surface area contributed by atoms with E-state index < -0.39 is 0 Å². The van der Waals surface area contributed by atoms with Gasteiger partial charge in [-0.15, -0.1) is 0 Å². The lowest BCUT2D eigenvalue weighted by atomic mass is 9.92. The first-order chi connectivity index (χ1) is 10.7. The van der Waals surface area contributed by atoms with Crippen molar-refractivity contribution in [2.75, 3.05) is 7.11 Å². The van der Waals surface area contributed by atoms with Crippen LogP contribution in [0.2, 0.25) is 0 Å². The molecule has 0 heterocycles. The largest absolute Gasteiger partial charge is 0.499 e. The number of halogens is 1. The van der Waals surface area contributed by atoms with E-state index in [0.717, 1.165) is 35.2 Å². The van der Waals surface area contributed by atoms with Gasteiger partial charge >= 0.3 is 0 Å². The van der Waals surface area contributed by atoms with Gasteiger partial charge < -0.3 is 4.74 Å². The molecule has 0 aliphatic carbocycles. The van der Waals surface area contributed by atoms with Gasteiger partial charge in [-0.05, 0) is 17.5 Å². The van der Waals surface area contributed by atoms with Crippen molar-refractivity contribution in [3.63, 3.8) is 0 Å². The van der Waals surface area contributed by atoms with Crippen LogP contribution < -0.4 is 0 Å². The van der Waals surface area contributed by atoms with Crippen LogP contribution in [-0.4, -0.2) is 18.2 Å². The molecule has 2 rings (SSSR count). The Kier molecular flexibility index (Phi) is 5.96. The molecular weight excluding hydrogens is 340 g/mol. The van der Waals surface area contributed by atoms with Gasteiger partial charge in [0.05, 0.1) is 11.9 Å². The van der Waals surface area contributed by atoms with Crippen LogP contribution in [0.15, 0.2) is 60.4 Å². The Hall–Kier alpha value is -1.87. The number of hydrogen-bond acceptors (Lipinski definition) is 2. The minimum absolute atomic E-state index is 0.0902. The molecule has 3 heteroatoms. The number of rotatable bonds is 6. The maximum Gasteiger partial charge on any atom is 0.150 e. The van der Waals surface area contributed by atoms with Crippen LogP contribution in [0.4, 0.5) is 0 Å². The van der Waals surface area contributed by atoms with E-state index in [1.165, 1.54) is 0 Å². The molecule has 0 radical (unpaired) electrons. The van der Waals surface area contributed by atoms with Gasteiger partial charge in [-0.2, -0.15) is 0 Å². The monoisotopic (exact) mass is 358 g/mol. The zero-order valence-corrected chi connectivity index (χ0v) is 14.3. The highest BCUT2D eigenvalue weighted by Gasteiger charge is 2.20. The maximum atomic E-state index is 11.4. The molecular formula is C19H19BrO2. The molecule has 0 amide bonds. The second kappa shape index (κ2) is 7.95. The van der Waals surface area contributed by atoms with E-state index in [2.05, 4.69) is 22.9 Å². The van der Waals surface area contributed by atoms with E-state index in [4.69, 9.17) is 4.74 Å². The summed E-state index contributed by atoms with van der Waals surface area (Å²) in [5, 5.41) is 0. The van der Waals surface area contributed by atoms with Crippen LogP contribution in [0, 0.1) is 0 Å². The normalized spacial score (nSPS) is 13.2. The van der Waals surface area contributed by atoms with Crippen molar-refractivity contribution in [3.8, 4) is 0 Å². The number of allylic oxidation sites excluding steroid dienone is 1. The fraction of sp³-hybridized carbons (Fsp3) is 0.211. The first kappa shape index (κ1) is 16.5. The van der Waals surface area contributed by atoms with Crippen molar-refractivity contribution < 1.29 is 9.53 Å². The summed E-state index contributed by atoms with van der Waals surface area (Å²) in [5.74, 6) is 0.836. The van der Waals surface area contributed by atoms with Crippen LogP contribution in [0.1, 0.15) is 34.8 Å². The Balaban J connectivity index is 2.76. The van der Waals surface area contributed by atoms with Gasteiger partial charge in [-0.1, -0.05) is 77.5 Å². The van der Waals surface area contributed by atoms with Crippen molar-refractivity contribution in [2.45, 2.75) is 18.2 Å². The molecule has 0 saturated heterocycles. The molecule has 22 heavy (non-hydrogen) atoms. The number of aldehydes is 1. The Morgan fingerprint density at radius 2 is 1.77 bits per heavy atom. The lowest BCUT2D eigenvalue weighted by Gasteiger charge is -2.19. The van der Waals surface area contributed by atoms with E-state index in [-0.39, 0.29) is 4.83 Å². The molecule has 0 aliphatic heterocycles. The molecule has 1 atom stereocenters. The smallest absolute Gasteiger partial charge is 0.150 e. The molecule has 2 aromatic carbocycles. The SMILES string of the molecule is CCC(Br)/C(OC)=C(\c1ccccc1)c1ccccc1C=O. The van der Waals surface area contributed by atoms with Crippen molar-refractivity contribution in [3.05, 3.63) is 77.0 Å². The van der Waals surface area contributed by atoms with Gasteiger partial charge in [-0.25, -0.2) is 0 Å². The summed E-state index contributed by atoms with van der Waals surface area (Å²) in [4.78, 5) is 11.5. The Morgan fingerprint density at radius 3 is 2.36 bits per heavy atom. The van der Waals surface area contributed by atoms with Crippen molar-refractivity contribution >= 4 is 27.8 Å². The van der Waals surface area contributed by atoms with Crippen molar-refractivity contribution in [1.82, 2.24) is 0 Å². The predicted octanol–water partition coefficient (Wildman–Crippen LogP) is 5.08. The standard InChI is InChI=1S/C19H19BrO2/c1-3-17(20)19(22-2)18(14-9-5-4-6-10-14)16-12-8-7-11-15(16)13-21/h4-13,17H,3H2,1-2H3/b19-18-. The summed E-state index contributed by atoms with van der Waals surface area (Å²) < 4.78 is 5.69. The molecule has 0 aromatic heterocycles. The first-order valence-electron chi connectivity index (χ1n) is 7.25. The molecule has 2 nitrogen and oxygen atoms in total. The quantitative estimate of drug-likeness (QED) is 0.409. The van der Waals surface area contributed by atoms with E-state index in [9.17, 15) is 4.79 Å². The minimum atomic E-state index is 0.0902. The van der Waals surface area contributed by atoms with Crippen molar-refractivity contribution in [1.29, 1.82) is 0 Å². The molecule has 0 fully saturated rings. The Bertz CT molecular complexity index is 662. The third-order valence-electron chi connectivity index (χ3n) is 3.53. The Morgan fingerprint density at radius 1 is 1.14 bits per heavy atom. The highest BCUT2D eigenvalue weighted by molar-refractivity contribution is 9.09. The highest BCUT2D eigenvalue weighted by Crippen LogP contribution is 2.33. The molecule has 2 aromatic rings.